The second kappa shape index (κ2) is 6.19. The first-order valence-electron chi connectivity index (χ1n) is 5.75. The molecule has 0 saturated heterocycles. The molecule has 1 aromatic heterocycles. The van der Waals surface area contributed by atoms with Crippen LogP contribution in [0.25, 0.3) is 0 Å². The normalized spacial score (nSPS) is 12.4. The van der Waals surface area contributed by atoms with Gasteiger partial charge in [-0.2, -0.15) is 0 Å². The number of hydrogen-bond acceptors (Lipinski definition) is 2. The molecule has 0 aliphatic carbocycles. The van der Waals surface area contributed by atoms with Gasteiger partial charge in [-0.15, -0.1) is 0 Å². The van der Waals surface area contributed by atoms with Gasteiger partial charge in [0.15, 0.2) is 0 Å². The number of halogens is 2. The first kappa shape index (κ1) is 13.3. The summed E-state index contributed by atoms with van der Waals surface area (Å²) in [5, 5.41) is 1.35. The van der Waals surface area contributed by atoms with E-state index in [-0.39, 0.29) is 5.92 Å². The molecule has 1 atom stereocenters. The molecule has 0 radical (unpaired) electrons. The van der Waals surface area contributed by atoms with Crippen LogP contribution in [0.15, 0.2) is 42.7 Å². The van der Waals surface area contributed by atoms with Gasteiger partial charge in [-0.1, -0.05) is 29.3 Å². The van der Waals surface area contributed by atoms with Gasteiger partial charge in [-0.05, 0) is 48.4 Å². The van der Waals surface area contributed by atoms with Gasteiger partial charge in [-0.25, -0.2) is 0 Å². The van der Waals surface area contributed by atoms with E-state index in [0.717, 1.165) is 12.0 Å². The Kier molecular flexibility index (Phi) is 4.59. The lowest BCUT2D eigenvalue weighted by Gasteiger charge is -2.18. The summed E-state index contributed by atoms with van der Waals surface area (Å²) in [7, 11) is 0. The van der Waals surface area contributed by atoms with Crippen LogP contribution in [0.5, 0.6) is 0 Å². The van der Waals surface area contributed by atoms with Crippen molar-refractivity contribution in [3.05, 3.63) is 63.9 Å². The minimum absolute atomic E-state index is 0.119. The van der Waals surface area contributed by atoms with Gasteiger partial charge in [0.05, 0.1) is 0 Å². The molecule has 0 amide bonds. The second-order valence-electron chi connectivity index (χ2n) is 4.13. The molecule has 0 aliphatic heterocycles. The van der Waals surface area contributed by atoms with Crippen LogP contribution in [-0.4, -0.2) is 11.5 Å². The lowest BCUT2D eigenvalue weighted by Crippen LogP contribution is -2.16. The Hall–Kier alpha value is -1.09. The second-order valence-corrected chi connectivity index (χ2v) is 4.94. The maximum Gasteiger partial charge on any atom is 0.0456 e. The lowest BCUT2D eigenvalue weighted by atomic mass is 9.92. The fourth-order valence-corrected chi connectivity index (χ4v) is 2.71. The summed E-state index contributed by atoms with van der Waals surface area (Å²) < 4.78 is 0. The maximum absolute atomic E-state index is 6.22. The Labute approximate surface area is 117 Å². The first-order chi connectivity index (χ1) is 8.72. The highest BCUT2D eigenvalue weighted by atomic mass is 35.5. The average molecular weight is 281 g/mol. The summed E-state index contributed by atoms with van der Waals surface area (Å²) in [5.41, 5.74) is 7.97. The summed E-state index contributed by atoms with van der Waals surface area (Å²) in [6, 6.07) is 9.49. The Morgan fingerprint density at radius 3 is 2.22 bits per heavy atom. The highest BCUT2D eigenvalue weighted by molar-refractivity contribution is 6.36. The lowest BCUT2D eigenvalue weighted by molar-refractivity contribution is 0.694. The molecule has 2 N–H and O–H groups in total. The van der Waals surface area contributed by atoms with Crippen molar-refractivity contribution in [2.75, 3.05) is 6.54 Å². The molecule has 94 valence electrons. The molecule has 0 bridgehead atoms. The van der Waals surface area contributed by atoms with E-state index in [9.17, 15) is 0 Å². The topological polar surface area (TPSA) is 38.9 Å². The number of nitrogens with two attached hydrogens (primary N) is 1. The van der Waals surface area contributed by atoms with Gasteiger partial charge in [0.1, 0.15) is 0 Å². The maximum atomic E-state index is 6.22. The zero-order valence-corrected chi connectivity index (χ0v) is 11.3. The van der Waals surface area contributed by atoms with E-state index < -0.39 is 0 Å². The molecular formula is C14H14Cl2N2. The fraction of sp³-hybridized carbons (Fsp3) is 0.214. The molecule has 0 fully saturated rings. The molecule has 2 rings (SSSR count). The van der Waals surface area contributed by atoms with Crippen molar-refractivity contribution in [2.45, 2.75) is 12.3 Å². The summed E-state index contributed by atoms with van der Waals surface area (Å²) in [4.78, 5) is 4.00. The zero-order chi connectivity index (χ0) is 13.0. The van der Waals surface area contributed by atoms with Crippen LogP contribution in [0.1, 0.15) is 17.0 Å². The van der Waals surface area contributed by atoms with E-state index in [0.29, 0.717) is 16.6 Å². The molecular weight excluding hydrogens is 267 g/mol. The van der Waals surface area contributed by atoms with Crippen LogP contribution in [-0.2, 0) is 6.42 Å². The van der Waals surface area contributed by atoms with Crippen LogP contribution < -0.4 is 5.73 Å². The SMILES string of the molecule is NCC(Cc1ccncc1)c1c(Cl)cccc1Cl. The van der Waals surface area contributed by atoms with Crippen molar-refractivity contribution >= 4 is 23.2 Å². The average Bonchev–Trinajstić information content (AvgIpc) is 2.38. The Morgan fingerprint density at radius 2 is 1.67 bits per heavy atom. The monoisotopic (exact) mass is 280 g/mol. The molecule has 2 aromatic rings. The van der Waals surface area contributed by atoms with Crippen molar-refractivity contribution < 1.29 is 0 Å². The third-order valence-electron chi connectivity index (χ3n) is 2.92. The van der Waals surface area contributed by atoms with Gasteiger partial charge in [-0.3, -0.25) is 4.98 Å². The molecule has 18 heavy (non-hydrogen) atoms. The molecule has 1 aromatic carbocycles. The summed E-state index contributed by atoms with van der Waals surface area (Å²) >= 11 is 12.4. The standard InChI is InChI=1S/C14H14Cl2N2/c15-12-2-1-3-13(16)14(12)11(9-17)8-10-4-6-18-7-5-10/h1-7,11H,8-9,17H2. The molecule has 2 nitrogen and oxygen atoms in total. The van der Waals surface area contributed by atoms with E-state index in [4.69, 9.17) is 28.9 Å². The third kappa shape index (κ3) is 3.02. The highest BCUT2D eigenvalue weighted by Crippen LogP contribution is 2.32. The van der Waals surface area contributed by atoms with E-state index in [1.54, 1.807) is 12.4 Å². The van der Waals surface area contributed by atoms with Crippen LogP contribution in [0.3, 0.4) is 0 Å². The van der Waals surface area contributed by atoms with E-state index >= 15 is 0 Å². The van der Waals surface area contributed by atoms with Gasteiger partial charge >= 0.3 is 0 Å². The minimum atomic E-state index is 0.119. The smallest absolute Gasteiger partial charge is 0.0456 e. The zero-order valence-electron chi connectivity index (χ0n) is 9.81. The summed E-state index contributed by atoms with van der Waals surface area (Å²) in [5.74, 6) is 0.119. The molecule has 1 unspecified atom stereocenters. The van der Waals surface area contributed by atoms with Crippen LogP contribution in [0.4, 0.5) is 0 Å². The molecule has 0 aliphatic rings. The highest BCUT2D eigenvalue weighted by Gasteiger charge is 2.17. The number of nitrogens with zero attached hydrogens (tertiary/aromatic N) is 1. The van der Waals surface area contributed by atoms with Gasteiger partial charge in [0.2, 0.25) is 0 Å². The summed E-state index contributed by atoms with van der Waals surface area (Å²) in [6.07, 6.45) is 4.36. The predicted molar refractivity (Wildman–Crippen MR) is 76.2 cm³/mol. The number of pyridine rings is 1. The Morgan fingerprint density at radius 1 is 1.06 bits per heavy atom. The summed E-state index contributed by atoms with van der Waals surface area (Å²) in [6.45, 7) is 0.506. The van der Waals surface area contributed by atoms with Crippen LogP contribution in [0.2, 0.25) is 10.0 Å². The number of benzene rings is 1. The Bertz CT molecular complexity index is 494. The predicted octanol–water partition coefficient (Wildman–Crippen LogP) is 3.67. The van der Waals surface area contributed by atoms with Crippen LogP contribution in [0, 0.1) is 0 Å². The number of rotatable bonds is 4. The largest absolute Gasteiger partial charge is 0.330 e. The van der Waals surface area contributed by atoms with Crippen LogP contribution >= 0.6 is 23.2 Å². The van der Waals surface area contributed by atoms with Crippen molar-refractivity contribution in [2.24, 2.45) is 5.73 Å². The minimum Gasteiger partial charge on any atom is -0.330 e. The molecule has 4 heteroatoms. The molecule has 0 spiro atoms. The number of aromatic nitrogens is 1. The van der Waals surface area contributed by atoms with E-state index in [2.05, 4.69) is 4.98 Å². The van der Waals surface area contributed by atoms with Gasteiger partial charge < -0.3 is 5.73 Å². The van der Waals surface area contributed by atoms with Crippen molar-refractivity contribution in [1.82, 2.24) is 4.98 Å². The van der Waals surface area contributed by atoms with E-state index in [1.807, 2.05) is 30.3 Å². The van der Waals surface area contributed by atoms with E-state index in [1.165, 1.54) is 5.56 Å². The molecule has 1 heterocycles. The van der Waals surface area contributed by atoms with Crippen molar-refractivity contribution in [3.63, 3.8) is 0 Å². The quantitative estimate of drug-likeness (QED) is 0.928. The molecule has 0 saturated carbocycles. The fourth-order valence-electron chi connectivity index (χ4n) is 2.01. The first-order valence-corrected chi connectivity index (χ1v) is 6.51. The van der Waals surface area contributed by atoms with Gasteiger partial charge in [0, 0.05) is 28.4 Å². The number of hydrogen-bond donors (Lipinski definition) is 1. The Balaban J connectivity index is 2.29. The van der Waals surface area contributed by atoms with Crippen molar-refractivity contribution in [3.8, 4) is 0 Å². The third-order valence-corrected chi connectivity index (χ3v) is 3.58. The van der Waals surface area contributed by atoms with Gasteiger partial charge in [0.25, 0.3) is 0 Å². The van der Waals surface area contributed by atoms with Crippen molar-refractivity contribution in [1.29, 1.82) is 0 Å².